The van der Waals surface area contributed by atoms with Crippen LogP contribution in [0.4, 0.5) is 15.3 Å². The van der Waals surface area contributed by atoms with Crippen LogP contribution >= 0.6 is 0 Å². The molecule has 2 aliphatic rings. The lowest BCUT2D eigenvalue weighted by Crippen LogP contribution is -2.55. The number of anilines is 1. The van der Waals surface area contributed by atoms with E-state index in [1.165, 1.54) is 0 Å². The van der Waals surface area contributed by atoms with E-state index in [0.717, 1.165) is 31.2 Å². The number of hydrogen-bond acceptors (Lipinski definition) is 8. The van der Waals surface area contributed by atoms with Gasteiger partial charge in [-0.25, -0.2) is 9.59 Å². The molecule has 2 atom stereocenters. The summed E-state index contributed by atoms with van der Waals surface area (Å²) in [7, 11) is 0. The average Bonchev–Trinajstić information content (AvgIpc) is 3.15. The predicted molar refractivity (Wildman–Crippen MR) is 210 cm³/mol. The van der Waals surface area contributed by atoms with Crippen molar-refractivity contribution in [3.63, 3.8) is 0 Å². The van der Waals surface area contributed by atoms with E-state index >= 15 is 0 Å². The van der Waals surface area contributed by atoms with Crippen molar-refractivity contribution in [1.29, 1.82) is 0 Å². The Morgan fingerprint density at radius 2 is 1.80 bits per heavy atom. The van der Waals surface area contributed by atoms with Crippen molar-refractivity contribution in [3.8, 4) is 11.5 Å². The maximum Gasteiger partial charge on any atom is 0.410 e. The number of carbonyl (C=O) groups is 4. The molecule has 1 saturated heterocycles. The summed E-state index contributed by atoms with van der Waals surface area (Å²) in [6, 6.07) is 21.4. The van der Waals surface area contributed by atoms with Crippen LogP contribution in [0.1, 0.15) is 95.6 Å². The second-order valence-electron chi connectivity index (χ2n) is 15.5. The third-order valence-corrected chi connectivity index (χ3v) is 9.67. The molecule has 12 nitrogen and oxygen atoms in total. The Morgan fingerprint density at radius 3 is 2.51 bits per heavy atom. The molecule has 55 heavy (non-hydrogen) atoms. The first kappa shape index (κ1) is 40.9. The first-order valence-electron chi connectivity index (χ1n) is 19.3. The Kier molecular flexibility index (Phi) is 13.3. The number of ether oxygens (including phenoxy) is 4. The van der Waals surface area contributed by atoms with Crippen LogP contribution in [0.15, 0.2) is 72.8 Å². The third-order valence-electron chi connectivity index (χ3n) is 9.67. The van der Waals surface area contributed by atoms with E-state index in [-0.39, 0.29) is 43.6 Å². The molecule has 0 aliphatic carbocycles. The zero-order valence-corrected chi connectivity index (χ0v) is 33.3. The van der Waals surface area contributed by atoms with Crippen LogP contribution in [0.3, 0.4) is 0 Å². The largest absolute Gasteiger partial charge is 0.494 e. The molecule has 296 valence electrons. The van der Waals surface area contributed by atoms with Crippen molar-refractivity contribution in [3.05, 3.63) is 89.5 Å². The van der Waals surface area contributed by atoms with Crippen molar-refractivity contribution < 1.29 is 38.1 Å². The van der Waals surface area contributed by atoms with Crippen LogP contribution in [-0.2, 0) is 26.5 Å². The monoisotopic (exact) mass is 756 g/mol. The van der Waals surface area contributed by atoms with E-state index < -0.39 is 23.4 Å². The molecule has 0 spiro atoms. The standard InChI is InChI=1S/C43H56N4O8/c1-8-9-25-52-35-19-13-17-33(27-35)43(7)39(49)46(24-22-44-40(50)53-29-31-15-11-10-12-16-31)36-26-32(20-21-37(36)54-43)38(48)47(30(2)3)34-18-14-23-45(28-34)41(51)55-42(4,5)6/h10-13,15-17,19-21,26-27,30,34H,8-9,14,18,22-25,28-29H2,1-7H3,(H,44,50)/t34-,43?/m1/s1. The lowest BCUT2D eigenvalue weighted by atomic mass is 9.91. The number of alkyl carbamates (subject to hydrolysis) is 1. The predicted octanol–water partition coefficient (Wildman–Crippen LogP) is 7.68. The van der Waals surface area contributed by atoms with E-state index in [2.05, 4.69) is 12.2 Å². The zero-order valence-electron chi connectivity index (χ0n) is 33.3. The van der Waals surface area contributed by atoms with Crippen LogP contribution in [0.25, 0.3) is 0 Å². The van der Waals surface area contributed by atoms with Crippen molar-refractivity contribution >= 4 is 29.7 Å². The molecule has 0 saturated carbocycles. The van der Waals surface area contributed by atoms with E-state index in [9.17, 15) is 19.2 Å². The lowest BCUT2D eigenvalue weighted by Gasteiger charge is -2.42. The summed E-state index contributed by atoms with van der Waals surface area (Å²) >= 11 is 0. The summed E-state index contributed by atoms with van der Waals surface area (Å²) < 4.78 is 23.6. The minimum absolute atomic E-state index is 0.0773. The minimum Gasteiger partial charge on any atom is -0.494 e. The van der Waals surface area contributed by atoms with Crippen LogP contribution < -0.4 is 19.7 Å². The number of hydrogen-bond donors (Lipinski definition) is 1. The summed E-state index contributed by atoms with van der Waals surface area (Å²) in [6.45, 7) is 14.9. The number of piperidine rings is 1. The Balaban J connectivity index is 1.41. The van der Waals surface area contributed by atoms with Gasteiger partial charge >= 0.3 is 12.2 Å². The molecule has 0 aromatic heterocycles. The molecule has 1 fully saturated rings. The van der Waals surface area contributed by atoms with Crippen LogP contribution in [0.2, 0.25) is 0 Å². The highest BCUT2D eigenvalue weighted by molar-refractivity contribution is 6.05. The second-order valence-corrected chi connectivity index (χ2v) is 15.5. The van der Waals surface area contributed by atoms with Gasteiger partial charge in [-0.1, -0.05) is 55.8 Å². The number of carbonyl (C=O) groups excluding carboxylic acids is 4. The fraction of sp³-hybridized carbons (Fsp3) is 0.488. The van der Waals surface area contributed by atoms with Gasteiger partial charge in [0.1, 0.15) is 23.7 Å². The molecule has 5 rings (SSSR count). The summed E-state index contributed by atoms with van der Waals surface area (Å²) in [5, 5.41) is 2.76. The smallest absolute Gasteiger partial charge is 0.410 e. The first-order valence-corrected chi connectivity index (χ1v) is 19.3. The van der Waals surface area contributed by atoms with Gasteiger partial charge in [0, 0.05) is 43.3 Å². The van der Waals surface area contributed by atoms with Crippen LogP contribution in [0.5, 0.6) is 11.5 Å². The Bertz CT molecular complexity index is 1810. The fourth-order valence-electron chi connectivity index (χ4n) is 6.89. The third kappa shape index (κ3) is 10.3. The quantitative estimate of drug-likeness (QED) is 0.176. The SMILES string of the molecule is CCCCOc1cccc(C2(C)Oc3ccc(C(=O)N(C(C)C)[C@@H]4CCCN(C(=O)OC(C)(C)C)C4)cc3N(CCNC(=O)OCc3ccccc3)C2=O)c1. The Hall–Kier alpha value is -5.26. The maximum atomic E-state index is 14.6. The van der Waals surface area contributed by atoms with Crippen molar-refractivity contribution in [2.75, 3.05) is 37.7 Å². The van der Waals surface area contributed by atoms with Gasteiger partial charge in [-0.15, -0.1) is 0 Å². The zero-order chi connectivity index (χ0) is 39.8. The molecule has 3 aromatic carbocycles. The second kappa shape index (κ2) is 17.9. The number of likely N-dealkylation sites (tertiary alicyclic amines) is 1. The van der Waals surface area contributed by atoms with E-state index in [0.29, 0.717) is 48.0 Å². The number of benzene rings is 3. The average molecular weight is 757 g/mol. The normalized spacial score (nSPS) is 18.3. The fourth-order valence-corrected chi connectivity index (χ4v) is 6.89. The summed E-state index contributed by atoms with van der Waals surface area (Å²) in [6.07, 6.45) is 2.33. The molecule has 2 aliphatic heterocycles. The van der Waals surface area contributed by atoms with Crippen LogP contribution in [-0.4, -0.2) is 84.3 Å². The number of unbranched alkanes of at least 4 members (excludes halogenated alkanes) is 1. The van der Waals surface area contributed by atoms with Gasteiger partial charge in [-0.05, 0) is 96.7 Å². The van der Waals surface area contributed by atoms with Gasteiger partial charge < -0.3 is 39.0 Å². The lowest BCUT2D eigenvalue weighted by molar-refractivity contribution is -0.135. The number of rotatable bonds is 13. The van der Waals surface area contributed by atoms with E-state index in [4.69, 9.17) is 18.9 Å². The number of amides is 4. The molecule has 1 unspecified atom stereocenters. The highest BCUT2D eigenvalue weighted by Crippen LogP contribution is 2.43. The summed E-state index contributed by atoms with van der Waals surface area (Å²) in [4.78, 5) is 59.7. The van der Waals surface area contributed by atoms with Gasteiger partial charge in [-0.2, -0.15) is 0 Å². The minimum atomic E-state index is -1.44. The molecule has 0 bridgehead atoms. The molecule has 3 aromatic rings. The molecule has 0 radical (unpaired) electrons. The van der Waals surface area contributed by atoms with Gasteiger partial charge in [0.2, 0.25) is 5.60 Å². The molecular formula is C43H56N4O8. The van der Waals surface area contributed by atoms with Crippen LogP contribution in [0, 0.1) is 0 Å². The highest BCUT2D eigenvalue weighted by atomic mass is 16.6. The first-order chi connectivity index (χ1) is 26.2. The number of nitrogens with one attached hydrogen (secondary N) is 1. The van der Waals surface area contributed by atoms with Gasteiger partial charge in [0.05, 0.1) is 18.3 Å². The van der Waals surface area contributed by atoms with Crippen molar-refractivity contribution in [2.45, 2.75) is 104 Å². The summed E-state index contributed by atoms with van der Waals surface area (Å²) in [5.41, 5.74) is 0.165. The van der Waals surface area contributed by atoms with Gasteiger partial charge in [-0.3, -0.25) is 9.59 Å². The molecular weight excluding hydrogens is 700 g/mol. The topological polar surface area (TPSA) is 127 Å². The van der Waals surface area contributed by atoms with E-state index in [1.807, 2.05) is 94.1 Å². The van der Waals surface area contributed by atoms with Gasteiger partial charge in [0.15, 0.2) is 0 Å². The molecule has 1 N–H and O–H groups in total. The maximum absolute atomic E-state index is 14.6. The Morgan fingerprint density at radius 1 is 1.04 bits per heavy atom. The molecule has 12 heteroatoms. The van der Waals surface area contributed by atoms with E-state index in [1.54, 1.807) is 34.9 Å². The highest BCUT2D eigenvalue weighted by Gasteiger charge is 2.47. The molecule has 2 heterocycles. The molecule has 4 amide bonds. The number of nitrogens with zero attached hydrogens (tertiary/aromatic N) is 3. The number of fused-ring (bicyclic) bond motifs is 1. The Labute approximate surface area is 325 Å². The summed E-state index contributed by atoms with van der Waals surface area (Å²) in [5.74, 6) is 0.448. The van der Waals surface area contributed by atoms with Crippen molar-refractivity contribution in [1.82, 2.24) is 15.1 Å². The van der Waals surface area contributed by atoms with Gasteiger partial charge in [0.25, 0.3) is 11.8 Å². The van der Waals surface area contributed by atoms with Crippen molar-refractivity contribution in [2.24, 2.45) is 0 Å².